The van der Waals surface area contributed by atoms with E-state index in [9.17, 15) is 9.59 Å². The molecule has 104 valence electrons. The van der Waals surface area contributed by atoms with Gasteiger partial charge in [-0.1, -0.05) is 0 Å². The number of likely N-dealkylation sites (N-methyl/N-ethyl adjacent to an activating group) is 3. The number of carbonyl (C=O) groups excluding carboxylic acids is 1. The lowest BCUT2D eigenvalue weighted by molar-refractivity contribution is -0.137. The van der Waals surface area contributed by atoms with E-state index in [1.165, 1.54) is 4.90 Å². The van der Waals surface area contributed by atoms with Crippen LogP contribution in [0.1, 0.15) is 19.8 Å². The number of carbonyl (C=O) groups is 2. The number of aliphatic carboxylic acids is 1. The summed E-state index contributed by atoms with van der Waals surface area (Å²) in [6.45, 7) is 3.89. The number of urea groups is 1. The van der Waals surface area contributed by atoms with Crippen molar-refractivity contribution in [3.63, 3.8) is 0 Å². The molecule has 1 N–H and O–H groups in total. The minimum absolute atomic E-state index is 0.180. The standard InChI is InChI=1S/C12H23N3O3/c1-4-15(9-11(16)17)12(18)14(3)10-6-5-7-13(2)8-10/h10H,4-9H2,1-3H3,(H,16,17). The number of carboxylic acids is 1. The Morgan fingerprint density at radius 2 is 2.11 bits per heavy atom. The monoisotopic (exact) mass is 257 g/mol. The molecule has 1 saturated heterocycles. The Morgan fingerprint density at radius 1 is 1.44 bits per heavy atom. The highest BCUT2D eigenvalue weighted by Crippen LogP contribution is 2.14. The third-order valence-corrected chi connectivity index (χ3v) is 3.43. The highest BCUT2D eigenvalue weighted by atomic mass is 16.4. The summed E-state index contributed by atoms with van der Waals surface area (Å²) in [5.74, 6) is -0.973. The Labute approximate surface area is 108 Å². The minimum atomic E-state index is -0.973. The molecule has 0 bridgehead atoms. The average molecular weight is 257 g/mol. The molecular weight excluding hydrogens is 234 g/mol. The Bertz CT molecular complexity index is 309. The minimum Gasteiger partial charge on any atom is -0.480 e. The van der Waals surface area contributed by atoms with Gasteiger partial charge in [-0.05, 0) is 33.4 Å². The van der Waals surface area contributed by atoms with Gasteiger partial charge in [-0.15, -0.1) is 0 Å². The fraction of sp³-hybridized carbons (Fsp3) is 0.833. The topological polar surface area (TPSA) is 64.1 Å². The molecule has 0 spiro atoms. The van der Waals surface area contributed by atoms with Crippen molar-refractivity contribution in [2.75, 3.05) is 40.3 Å². The van der Waals surface area contributed by atoms with Crippen molar-refractivity contribution in [2.45, 2.75) is 25.8 Å². The van der Waals surface area contributed by atoms with E-state index in [0.29, 0.717) is 6.54 Å². The van der Waals surface area contributed by atoms with Gasteiger partial charge in [-0.3, -0.25) is 4.79 Å². The molecule has 0 aliphatic carbocycles. The highest BCUT2D eigenvalue weighted by Gasteiger charge is 2.27. The molecule has 2 amide bonds. The molecule has 0 saturated carbocycles. The maximum Gasteiger partial charge on any atom is 0.323 e. The second-order valence-corrected chi connectivity index (χ2v) is 4.86. The zero-order chi connectivity index (χ0) is 13.7. The average Bonchev–Trinajstić information content (AvgIpc) is 2.34. The largest absolute Gasteiger partial charge is 0.480 e. The fourth-order valence-corrected chi connectivity index (χ4v) is 2.31. The van der Waals surface area contributed by atoms with Crippen molar-refractivity contribution in [1.29, 1.82) is 0 Å². The van der Waals surface area contributed by atoms with Gasteiger partial charge in [0, 0.05) is 26.2 Å². The van der Waals surface area contributed by atoms with Crippen LogP contribution in [0.15, 0.2) is 0 Å². The predicted molar refractivity (Wildman–Crippen MR) is 68.6 cm³/mol. The SMILES string of the molecule is CCN(CC(=O)O)C(=O)N(C)C1CCCN(C)C1. The molecule has 0 aromatic carbocycles. The van der Waals surface area contributed by atoms with Crippen molar-refractivity contribution in [3.05, 3.63) is 0 Å². The normalized spacial score (nSPS) is 20.5. The van der Waals surface area contributed by atoms with Crippen LogP contribution in [0.2, 0.25) is 0 Å². The van der Waals surface area contributed by atoms with Crippen LogP contribution in [0, 0.1) is 0 Å². The van der Waals surface area contributed by atoms with E-state index in [2.05, 4.69) is 4.90 Å². The smallest absolute Gasteiger partial charge is 0.323 e. The first-order valence-corrected chi connectivity index (χ1v) is 6.37. The molecule has 6 nitrogen and oxygen atoms in total. The molecule has 1 aliphatic heterocycles. The molecule has 0 radical (unpaired) electrons. The zero-order valence-electron chi connectivity index (χ0n) is 11.4. The number of carboxylic acid groups (broad SMARTS) is 1. The molecule has 1 heterocycles. The van der Waals surface area contributed by atoms with Crippen LogP contribution in [-0.4, -0.2) is 78.1 Å². The summed E-state index contributed by atoms with van der Waals surface area (Å²) in [7, 11) is 3.80. The van der Waals surface area contributed by atoms with Gasteiger partial charge in [0.15, 0.2) is 0 Å². The van der Waals surface area contributed by atoms with Crippen molar-refractivity contribution in [3.8, 4) is 0 Å². The van der Waals surface area contributed by atoms with E-state index < -0.39 is 5.97 Å². The van der Waals surface area contributed by atoms with Crippen LogP contribution in [0.5, 0.6) is 0 Å². The zero-order valence-corrected chi connectivity index (χ0v) is 11.4. The van der Waals surface area contributed by atoms with Crippen LogP contribution in [0.4, 0.5) is 4.79 Å². The third-order valence-electron chi connectivity index (χ3n) is 3.43. The molecule has 18 heavy (non-hydrogen) atoms. The quantitative estimate of drug-likeness (QED) is 0.798. The molecular formula is C12H23N3O3. The molecule has 1 fully saturated rings. The fourth-order valence-electron chi connectivity index (χ4n) is 2.31. The predicted octanol–water partition coefficient (Wildman–Crippen LogP) is 0.539. The Balaban J connectivity index is 2.60. The number of hydrogen-bond acceptors (Lipinski definition) is 3. The van der Waals surface area contributed by atoms with Crippen molar-refractivity contribution in [2.24, 2.45) is 0 Å². The summed E-state index contributed by atoms with van der Waals surface area (Å²) in [5, 5.41) is 8.78. The number of nitrogens with zero attached hydrogens (tertiary/aromatic N) is 3. The van der Waals surface area contributed by atoms with Gasteiger partial charge >= 0.3 is 12.0 Å². The van der Waals surface area contributed by atoms with E-state index in [4.69, 9.17) is 5.11 Å². The summed E-state index contributed by atoms with van der Waals surface area (Å²) in [6, 6.07) is -0.0145. The summed E-state index contributed by atoms with van der Waals surface area (Å²) in [6.07, 6.45) is 2.06. The number of amides is 2. The van der Waals surface area contributed by atoms with Gasteiger partial charge in [0.25, 0.3) is 0 Å². The molecule has 1 unspecified atom stereocenters. The summed E-state index contributed by atoms with van der Waals surface area (Å²) in [4.78, 5) is 28.1. The summed E-state index contributed by atoms with van der Waals surface area (Å²) in [5.41, 5.74) is 0. The Kier molecular flexibility index (Phi) is 5.40. The number of rotatable bonds is 4. The van der Waals surface area contributed by atoms with Crippen molar-refractivity contribution >= 4 is 12.0 Å². The van der Waals surface area contributed by atoms with Gasteiger partial charge in [-0.2, -0.15) is 0 Å². The van der Waals surface area contributed by atoms with Crippen LogP contribution in [0.3, 0.4) is 0 Å². The van der Waals surface area contributed by atoms with Gasteiger partial charge in [-0.25, -0.2) is 4.79 Å². The van der Waals surface area contributed by atoms with Gasteiger partial charge in [0.1, 0.15) is 6.54 Å². The van der Waals surface area contributed by atoms with Crippen LogP contribution < -0.4 is 0 Å². The maximum atomic E-state index is 12.2. The summed E-state index contributed by atoms with van der Waals surface area (Å²) >= 11 is 0. The lowest BCUT2D eigenvalue weighted by atomic mass is 10.1. The van der Waals surface area contributed by atoms with Gasteiger partial charge < -0.3 is 19.8 Å². The molecule has 6 heteroatoms. The molecule has 0 aromatic rings. The third kappa shape index (κ3) is 3.87. The van der Waals surface area contributed by atoms with Crippen LogP contribution in [0.25, 0.3) is 0 Å². The molecule has 0 aromatic heterocycles. The lowest BCUT2D eigenvalue weighted by Gasteiger charge is -2.37. The second kappa shape index (κ2) is 6.58. The van der Waals surface area contributed by atoms with Gasteiger partial charge in [0.05, 0.1) is 0 Å². The van der Waals surface area contributed by atoms with Gasteiger partial charge in [0.2, 0.25) is 0 Å². The van der Waals surface area contributed by atoms with E-state index in [0.717, 1.165) is 25.9 Å². The summed E-state index contributed by atoms with van der Waals surface area (Å²) < 4.78 is 0. The molecule has 1 atom stereocenters. The number of likely N-dealkylation sites (tertiary alicyclic amines) is 1. The Hall–Kier alpha value is -1.30. The first-order valence-electron chi connectivity index (χ1n) is 6.37. The molecule has 1 rings (SSSR count). The number of hydrogen-bond donors (Lipinski definition) is 1. The van der Waals surface area contributed by atoms with E-state index in [1.54, 1.807) is 18.9 Å². The van der Waals surface area contributed by atoms with E-state index >= 15 is 0 Å². The van der Waals surface area contributed by atoms with Crippen LogP contribution in [-0.2, 0) is 4.79 Å². The first-order chi connectivity index (χ1) is 8.45. The molecule has 1 aliphatic rings. The maximum absolute atomic E-state index is 12.2. The lowest BCUT2D eigenvalue weighted by Crippen LogP contribution is -2.52. The first kappa shape index (κ1) is 14.8. The Morgan fingerprint density at radius 3 is 2.61 bits per heavy atom. The van der Waals surface area contributed by atoms with Crippen molar-refractivity contribution < 1.29 is 14.7 Å². The highest BCUT2D eigenvalue weighted by molar-refractivity contribution is 5.80. The van der Waals surface area contributed by atoms with Crippen LogP contribution >= 0.6 is 0 Å². The number of piperidine rings is 1. The van der Waals surface area contributed by atoms with Crippen molar-refractivity contribution in [1.82, 2.24) is 14.7 Å². The van der Waals surface area contributed by atoms with E-state index in [1.807, 2.05) is 7.05 Å². The van der Waals surface area contributed by atoms with E-state index in [-0.39, 0.29) is 18.6 Å². The second-order valence-electron chi connectivity index (χ2n) is 4.86.